The monoisotopic (exact) mass is 331 g/mol. The van der Waals surface area contributed by atoms with Gasteiger partial charge in [0.25, 0.3) is 0 Å². The smallest absolute Gasteiger partial charge is 0.232 e. The molecule has 1 aromatic carbocycles. The third-order valence-electron chi connectivity index (χ3n) is 5.70. The Bertz CT molecular complexity index is 667. The predicted octanol–water partition coefficient (Wildman–Crippen LogP) is 2.11. The number of nitrogens with zero attached hydrogens (tertiary/aromatic N) is 1. The van der Waals surface area contributed by atoms with Gasteiger partial charge in [-0.1, -0.05) is 6.07 Å². The molecule has 3 aliphatic rings. The van der Waals surface area contributed by atoms with Crippen molar-refractivity contribution in [3.8, 4) is 11.5 Å². The van der Waals surface area contributed by atoms with Crippen molar-refractivity contribution in [3.63, 3.8) is 0 Å². The molecule has 2 aliphatic heterocycles. The molecule has 1 unspecified atom stereocenters. The SMILES string of the molecule is CC(C)(C(=O)N1CCC(O)(C2CC2)C1)c1ccc2c(c1)OCCO2. The molecule has 1 atom stereocenters. The molecule has 1 saturated heterocycles. The second-order valence-electron chi connectivity index (χ2n) is 7.84. The van der Waals surface area contributed by atoms with Crippen LogP contribution >= 0.6 is 0 Å². The Labute approximate surface area is 142 Å². The van der Waals surface area contributed by atoms with E-state index < -0.39 is 11.0 Å². The van der Waals surface area contributed by atoms with E-state index in [1.165, 1.54) is 0 Å². The summed E-state index contributed by atoms with van der Waals surface area (Å²) in [6.07, 6.45) is 2.87. The Kier molecular flexibility index (Phi) is 3.53. The summed E-state index contributed by atoms with van der Waals surface area (Å²) in [5.74, 6) is 1.89. The average Bonchev–Trinajstić information content (AvgIpc) is 3.37. The first-order chi connectivity index (χ1) is 11.4. The maximum absolute atomic E-state index is 13.1. The van der Waals surface area contributed by atoms with Crippen molar-refractivity contribution in [1.82, 2.24) is 4.90 Å². The van der Waals surface area contributed by atoms with Gasteiger partial charge in [-0.25, -0.2) is 0 Å². The summed E-state index contributed by atoms with van der Waals surface area (Å²) >= 11 is 0. The second kappa shape index (κ2) is 5.38. The highest BCUT2D eigenvalue weighted by Gasteiger charge is 2.50. The zero-order valence-electron chi connectivity index (χ0n) is 14.4. The molecule has 0 aromatic heterocycles. The van der Waals surface area contributed by atoms with Crippen LogP contribution in [0.1, 0.15) is 38.7 Å². The van der Waals surface area contributed by atoms with Gasteiger partial charge >= 0.3 is 0 Å². The summed E-state index contributed by atoms with van der Waals surface area (Å²) in [5, 5.41) is 10.7. The zero-order chi connectivity index (χ0) is 16.9. The van der Waals surface area contributed by atoms with E-state index in [0.717, 1.165) is 24.2 Å². The number of carbonyl (C=O) groups excluding carboxylic acids is 1. The van der Waals surface area contributed by atoms with Crippen LogP contribution in [-0.2, 0) is 10.2 Å². The van der Waals surface area contributed by atoms with E-state index in [0.29, 0.717) is 44.4 Å². The summed E-state index contributed by atoms with van der Waals surface area (Å²) in [6, 6.07) is 5.73. The minimum atomic E-state index is -0.668. The lowest BCUT2D eigenvalue weighted by Crippen LogP contribution is -2.45. The molecule has 0 spiro atoms. The molecule has 0 radical (unpaired) electrons. The minimum Gasteiger partial charge on any atom is -0.486 e. The van der Waals surface area contributed by atoms with Crippen molar-refractivity contribution in [2.75, 3.05) is 26.3 Å². The Morgan fingerprint density at radius 3 is 2.67 bits per heavy atom. The highest BCUT2D eigenvalue weighted by atomic mass is 16.6. The molecular weight excluding hydrogens is 306 g/mol. The molecule has 1 N–H and O–H groups in total. The summed E-state index contributed by atoms with van der Waals surface area (Å²) in [5.41, 5.74) is -0.415. The maximum atomic E-state index is 13.1. The molecule has 5 heteroatoms. The number of amides is 1. The number of carbonyl (C=O) groups is 1. The topological polar surface area (TPSA) is 59.0 Å². The number of benzene rings is 1. The third-order valence-corrected chi connectivity index (χ3v) is 5.70. The van der Waals surface area contributed by atoms with Crippen LogP contribution in [0.25, 0.3) is 0 Å². The van der Waals surface area contributed by atoms with Gasteiger partial charge in [0, 0.05) is 13.1 Å². The van der Waals surface area contributed by atoms with E-state index in [1.807, 2.05) is 36.9 Å². The molecule has 5 nitrogen and oxygen atoms in total. The van der Waals surface area contributed by atoms with Gasteiger partial charge in [-0.2, -0.15) is 0 Å². The van der Waals surface area contributed by atoms with E-state index in [9.17, 15) is 9.90 Å². The van der Waals surface area contributed by atoms with Crippen molar-refractivity contribution >= 4 is 5.91 Å². The lowest BCUT2D eigenvalue weighted by atomic mass is 9.83. The average molecular weight is 331 g/mol. The van der Waals surface area contributed by atoms with Crippen LogP contribution in [0.5, 0.6) is 11.5 Å². The van der Waals surface area contributed by atoms with Gasteiger partial charge in [0.15, 0.2) is 11.5 Å². The van der Waals surface area contributed by atoms with Crippen molar-refractivity contribution in [2.24, 2.45) is 5.92 Å². The normalized spacial score (nSPS) is 26.5. The van der Waals surface area contributed by atoms with E-state index in [-0.39, 0.29) is 5.91 Å². The Morgan fingerprint density at radius 2 is 1.96 bits per heavy atom. The highest BCUT2D eigenvalue weighted by molar-refractivity contribution is 5.88. The van der Waals surface area contributed by atoms with Crippen LogP contribution in [0.3, 0.4) is 0 Å². The number of ether oxygens (including phenoxy) is 2. The number of hydrogen-bond donors (Lipinski definition) is 1. The number of likely N-dealkylation sites (tertiary alicyclic amines) is 1. The quantitative estimate of drug-likeness (QED) is 0.922. The molecular formula is C19H25NO4. The van der Waals surface area contributed by atoms with E-state index in [2.05, 4.69) is 0 Å². The molecule has 130 valence electrons. The largest absolute Gasteiger partial charge is 0.486 e. The van der Waals surface area contributed by atoms with Gasteiger partial charge in [0.2, 0.25) is 5.91 Å². The van der Waals surface area contributed by atoms with Crippen LogP contribution in [-0.4, -0.2) is 47.8 Å². The molecule has 1 aromatic rings. The lowest BCUT2D eigenvalue weighted by molar-refractivity contribution is -0.136. The maximum Gasteiger partial charge on any atom is 0.232 e. The zero-order valence-corrected chi connectivity index (χ0v) is 14.4. The van der Waals surface area contributed by atoms with E-state index >= 15 is 0 Å². The molecule has 0 bridgehead atoms. The summed E-state index contributed by atoms with van der Waals surface area (Å²) in [6.45, 7) is 6.07. The molecule has 1 saturated carbocycles. The Balaban J connectivity index is 1.54. The first kappa shape index (κ1) is 15.8. The summed E-state index contributed by atoms with van der Waals surface area (Å²) < 4.78 is 11.2. The van der Waals surface area contributed by atoms with Crippen LogP contribution < -0.4 is 9.47 Å². The van der Waals surface area contributed by atoms with Crippen LogP contribution in [0.15, 0.2) is 18.2 Å². The highest BCUT2D eigenvalue weighted by Crippen LogP contribution is 2.45. The Morgan fingerprint density at radius 1 is 1.25 bits per heavy atom. The minimum absolute atomic E-state index is 0.0655. The number of aliphatic hydroxyl groups is 1. The van der Waals surface area contributed by atoms with Gasteiger partial charge in [0.1, 0.15) is 13.2 Å². The molecule has 2 heterocycles. The standard InChI is InChI=1S/C19H25NO4/c1-18(2,14-5-6-15-16(11-14)24-10-9-23-15)17(21)20-8-7-19(22,12-20)13-3-4-13/h5-6,11,13,22H,3-4,7-10,12H2,1-2H3. The van der Waals surface area contributed by atoms with Crippen LogP contribution in [0, 0.1) is 5.92 Å². The van der Waals surface area contributed by atoms with Gasteiger partial charge in [0.05, 0.1) is 11.0 Å². The van der Waals surface area contributed by atoms with Crippen molar-refractivity contribution < 1.29 is 19.4 Å². The van der Waals surface area contributed by atoms with Crippen LogP contribution in [0.4, 0.5) is 0 Å². The predicted molar refractivity (Wildman–Crippen MR) is 89.3 cm³/mol. The molecule has 4 rings (SSSR count). The van der Waals surface area contributed by atoms with E-state index in [1.54, 1.807) is 0 Å². The molecule has 24 heavy (non-hydrogen) atoms. The van der Waals surface area contributed by atoms with Gasteiger partial charge < -0.3 is 19.5 Å². The lowest BCUT2D eigenvalue weighted by Gasteiger charge is -2.31. The van der Waals surface area contributed by atoms with Crippen molar-refractivity contribution in [1.29, 1.82) is 0 Å². The summed E-state index contributed by atoms with van der Waals surface area (Å²) in [7, 11) is 0. The number of rotatable bonds is 3. The van der Waals surface area contributed by atoms with Gasteiger partial charge in [-0.05, 0) is 56.7 Å². The summed E-state index contributed by atoms with van der Waals surface area (Å²) in [4.78, 5) is 14.9. The fourth-order valence-corrected chi connectivity index (χ4v) is 3.90. The Hall–Kier alpha value is -1.75. The first-order valence-corrected chi connectivity index (χ1v) is 8.82. The molecule has 1 aliphatic carbocycles. The first-order valence-electron chi connectivity index (χ1n) is 8.82. The molecule has 2 fully saturated rings. The molecule has 1 amide bonds. The van der Waals surface area contributed by atoms with E-state index in [4.69, 9.17) is 9.47 Å². The fraction of sp³-hybridized carbons (Fsp3) is 0.632. The van der Waals surface area contributed by atoms with Gasteiger partial charge in [-0.3, -0.25) is 4.79 Å². The third kappa shape index (κ3) is 2.55. The van der Waals surface area contributed by atoms with Crippen LogP contribution in [0.2, 0.25) is 0 Å². The number of β-amino-alcohol motifs (C(OH)–C–C–N with tert-alkyl or cyclic N) is 1. The second-order valence-corrected chi connectivity index (χ2v) is 7.84. The number of hydrogen-bond acceptors (Lipinski definition) is 4. The van der Waals surface area contributed by atoms with Crippen molar-refractivity contribution in [3.05, 3.63) is 23.8 Å². The van der Waals surface area contributed by atoms with Gasteiger partial charge in [-0.15, -0.1) is 0 Å². The number of fused-ring (bicyclic) bond motifs is 1. The fourth-order valence-electron chi connectivity index (χ4n) is 3.90. The van der Waals surface area contributed by atoms with Crippen molar-refractivity contribution in [2.45, 2.75) is 44.1 Å².